The van der Waals surface area contributed by atoms with Crippen molar-refractivity contribution in [1.29, 1.82) is 0 Å². The molecule has 1 N–H and O–H groups in total. The molecule has 118 valence electrons. The van der Waals surface area contributed by atoms with Crippen LogP contribution in [0.25, 0.3) is 0 Å². The van der Waals surface area contributed by atoms with Crippen molar-refractivity contribution < 1.29 is 19.4 Å². The molecule has 1 heterocycles. The molecule has 0 aliphatic carbocycles. The Labute approximate surface area is 130 Å². The zero-order valence-electron chi connectivity index (χ0n) is 12.7. The second kappa shape index (κ2) is 7.33. The summed E-state index contributed by atoms with van der Waals surface area (Å²) in [6, 6.07) is 6.66. The number of imide groups is 1. The van der Waals surface area contributed by atoms with Gasteiger partial charge in [-0.25, -0.2) is 0 Å². The molecule has 1 aliphatic heterocycles. The number of amides is 2. The predicted molar refractivity (Wildman–Crippen MR) is 82.7 cm³/mol. The Morgan fingerprint density at radius 1 is 1.27 bits per heavy atom. The van der Waals surface area contributed by atoms with Gasteiger partial charge in [-0.1, -0.05) is 31.6 Å². The number of aliphatic hydroxyl groups is 1. The van der Waals surface area contributed by atoms with Crippen LogP contribution in [0, 0.1) is 0 Å². The van der Waals surface area contributed by atoms with Crippen molar-refractivity contribution >= 4 is 11.8 Å². The Bertz CT molecular complexity index is 535. The Morgan fingerprint density at radius 2 is 1.86 bits per heavy atom. The Balaban J connectivity index is 2.03. The summed E-state index contributed by atoms with van der Waals surface area (Å²) in [5.41, 5.74) is 0.753. The molecule has 0 unspecified atom stereocenters. The lowest BCUT2D eigenvalue weighted by atomic mass is 10.1. The van der Waals surface area contributed by atoms with Crippen molar-refractivity contribution in [2.75, 3.05) is 13.2 Å². The number of rotatable bonds is 8. The topological polar surface area (TPSA) is 66.8 Å². The number of hydrogen-bond acceptors (Lipinski definition) is 4. The molecule has 0 saturated carbocycles. The monoisotopic (exact) mass is 303 g/mol. The highest BCUT2D eigenvalue weighted by atomic mass is 16.5. The fourth-order valence-corrected chi connectivity index (χ4v) is 2.40. The molecular formula is C17H21NO4. The Morgan fingerprint density at radius 3 is 2.36 bits per heavy atom. The SMILES string of the molecule is C=C[C@@H](OCCCC)[C@@H](O)CN1C(=O)c2ccccc2C1=O. The summed E-state index contributed by atoms with van der Waals surface area (Å²) in [7, 11) is 0. The van der Waals surface area contributed by atoms with E-state index in [1.165, 1.54) is 6.08 Å². The maximum atomic E-state index is 12.2. The van der Waals surface area contributed by atoms with Gasteiger partial charge in [0.2, 0.25) is 0 Å². The average Bonchev–Trinajstić information content (AvgIpc) is 2.77. The van der Waals surface area contributed by atoms with Crippen molar-refractivity contribution in [1.82, 2.24) is 4.90 Å². The number of nitrogens with zero attached hydrogens (tertiary/aromatic N) is 1. The van der Waals surface area contributed by atoms with Gasteiger partial charge in [-0.15, -0.1) is 6.58 Å². The molecule has 0 bridgehead atoms. The molecular weight excluding hydrogens is 282 g/mol. The number of carbonyl (C=O) groups is 2. The quantitative estimate of drug-likeness (QED) is 0.453. The summed E-state index contributed by atoms with van der Waals surface area (Å²) in [4.78, 5) is 25.5. The van der Waals surface area contributed by atoms with Crippen LogP contribution < -0.4 is 0 Å². The van der Waals surface area contributed by atoms with E-state index in [1.54, 1.807) is 24.3 Å². The maximum Gasteiger partial charge on any atom is 0.261 e. The second-order valence-corrected chi connectivity index (χ2v) is 5.26. The van der Waals surface area contributed by atoms with Gasteiger partial charge >= 0.3 is 0 Å². The van der Waals surface area contributed by atoms with E-state index < -0.39 is 12.2 Å². The van der Waals surface area contributed by atoms with Gasteiger partial charge in [-0.05, 0) is 18.6 Å². The van der Waals surface area contributed by atoms with E-state index >= 15 is 0 Å². The lowest BCUT2D eigenvalue weighted by Crippen LogP contribution is -2.42. The highest BCUT2D eigenvalue weighted by Gasteiger charge is 2.37. The van der Waals surface area contributed by atoms with Crippen LogP contribution in [0.1, 0.15) is 40.5 Å². The van der Waals surface area contributed by atoms with Gasteiger partial charge in [-0.2, -0.15) is 0 Å². The van der Waals surface area contributed by atoms with E-state index in [4.69, 9.17) is 4.74 Å². The molecule has 5 nitrogen and oxygen atoms in total. The van der Waals surface area contributed by atoms with Crippen molar-refractivity contribution in [3.63, 3.8) is 0 Å². The van der Waals surface area contributed by atoms with Crippen LogP contribution in [0.2, 0.25) is 0 Å². The third-order valence-corrected chi connectivity index (χ3v) is 3.67. The minimum atomic E-state index is -0.989. The van der Waals surface area contributed by atoms with Gasteiger partial charge in [0.25, 0.3) is 11.8 Å². The first kappa shape index (κ1) is 16.4. The van der Waals surface area contributed by atoms with Crippen LogP contribution in [0.5, 0.6) is 0 Å². The third-order valence-electron chi connectivity index (χ3n) is 3.67. The van der Waals surface area contributed by atoms with Gasteiger partial charge in [-0.3, -0.25) is 14.5 Å². The van der Waals surface area contributed by atoms with E-state index in [0.717, 1.165) is 17.7 Å². The van der Waals surface area contributed by atoms with Crippen LogP contribution in [0.3, 0.4) is 0 Å². The zero-order valence-corrected chi connectivity index (χ0v) is 12.7. The van der Waals surface area contributed by atoms with Gasteiger partial charge in [0.05, 0.1) is 17.7 Å². The van der Waals surface area contributed by atoms with Crippen molar-refractivity contribution in [2.45, 2.75) is 32.0 Å². The first-order valence-corrected chi connectivity index (χ1v) is 7.47. The summed E-state index contributed by atoms with van der Waals surface area (Å²) in [5.74, 6) is -0.757. The number of β-amino-alcohol motifs (C(OH)–C–C–N with tert-alkyl or cyclic N) is 1. The summed E-state index contributed by atoms with van der Waals surface area (Å²) in [5, 5.41) is 10.2. The predicted octanol–water partition coefficient (Wildman–Crippen LogP) is 2.01. The number of hydrogen-bond donors (Lipinski definition) is 1. The van der Waals surface area contributed by atoms with E-state index in [-0.39, 0.29) is 18.4 Å². The maximum absolute atomic E-state index is 12.2. The molecule has 0 fully saturated rings. The third kappa shape index (κ3) is 3.26. The van der Waals surface area contributed by atoms with E-state index in [0.29, 0.717) is 17.7 Å². The normalized spacial score (nSPS) is 16.5. The standard InChI is InChI=1S/C17H21NO4/c1-3-5-10-22-15(4-2)14(19)11-18-16(20)12-8-6-7-9-13(12)17(18)21/h4,6-9,14-15,19H,2-3,5,10-11H2,1H3/t14-,15+/m0/s1. The Hall–Kier alpha value is -1.98. The lowest BCUT2D eigenvalue weighted by molar-refractivity contribution is -0.0204. The van der Waals surface area contributed by atoms with E-state index in [2.05, 4.69) is 6.58 Å². The average molecular weight is 303 g/mol. The minimum Gasteiger partial charge on any atom is -0.388 e. The zero-order chi connectivity index (χ0) is 16.1. The van der Waals surface area contributed by atoms with Crippen LogP contribution in [-0.2, 0) is 4.74 Å². The van der Waals surface area contributed by atoms with E-state index in [9.17, 15) is 14.7 Å². The van der Waals surface area contributed by atoms with Gasteiger partial charge in [0.1, 0.15) is 12.2 Å². The summed E-state index contributed by atoms with van der Waals surface area (Å²) < 4.78 is 5.53. The van der Waals surface area contributed by atoms with Crippen LogP contribution in [-0.4, -0.2) is 47.2 Å². The molecule has 5 heteroatoms. The number of benzene rings is 1. The molecule has 1 aliphatic rings. The fraction of sp³-hybridized carbons (Fsp3) is 0.412. The number of ether oxygens (including phenoxy) is 1. The lowest BCUT2D eigenvalue weighted by Gasteiger charge is -2.24. The Kier molecular flexibility index (Phi) is 5.46. The molecule has 0 saturated heterocycles. The van der Waals surface area contributed by atoms with Gasteiger partial charge in [0, 0.05) is 6.61 Å². The van der Waals surface area contributed by atoms with Gasteiger partial charge < -0.3 is 9.84 Å². The summed E-state index contributed by atoms with van der Waals surface area (Å²) in [6.45, 7) is 6.09. The molecule has 2 atom stereocenters. The van der Waals surface area contributed by atoms with Crippen molar-refractivity contribution in [2.24, 2.45) is 0 Å². The van der Waals surface area contributed by atoms with Gasteiger partial charge in [0.15, 0.2) is 0 Å². The van der Waals surface area contributed by atoms with Crippen LogP contribution in [0.4, 0.5) is 0 Å². The number of aliphatic hydroxyl groups excluding tert-OH is 1. The number of carbonyl (C=O) groups excluding carboxylic acids is 2. The van der Waals surface area contributed by atoms with Crippen molar-refractivity contribution in [3.8, 4) is 0 Å². The smallest absolute Gasteiger partial charge is 0.261 e. The van der Waals surface area contributed by atoms with E-state index in [1.807, 2.05) is 6.92 Å². The molecule has 0 aromatic heterocycles. The highest BCUT2D eigenvalue weighted by Crippen LogP contribution is 2.23. The van der Waals surface area contributed by atoms with Crippen LogP contribution in [0.15, 0.2) is 36.9 Å². The highest BCUT2D eigenvalue weighted by molar-refractivity contribution is 6.21. The molecule has 0 radical (unpaired) electrons. The molecule has 2 amide bonds. The second-order valence-electron chi connectivity index (χ2n) is 5.26. The fourth-order valence-electron chi connectivity index (χ4n) is 2.40. The molecule has 1 aromatic rings. The molecule has 0 spiro atoms. The minimum absolute atomic E-state index is 0.102. The molecule has 22 heavy (non-hydrogen) atoms. The number of unbranched alkanes of at least 4 members (excludes halogenated alkanes) is 1. The van der Waals surface area contributed by atoms with Crippen molar-refractivity contribution in [3.05, 3.63) is 48.0 Å². The summed E-state index contributed by atoms with van der Waals surface area (Å²) in [6.07, 6.45) is 1.77. The summed E-state index contributed by atoms with van der Waals surface area (Å²) >= 11 is 0. The number of fused-ring (bicyclic) bond motifs is 1. The largest absolute Gasteiger partial charge is 0.388 e. The first-order chi connectivity index (χ1) is 10.6. The van der Waals surface area contributed by atoms with Crippen LogP contribution >= 0.6 is 0 Å². The molecule has 2 rings (SSSR count). The first-order valence-electron chi connectivity index (χ1n) is 7.47. The molecule has 1 aromatic carbocycles.